The number of pyridine rings is 1. The van der Waals surface area contributed by atoms with Crippen molar-refractivity contribution in [2.75, 3.05) is 13.1 Å². The van der Waals surface area contributed by atoms with Crippen molar-refractivity contribution in [3.8, 4) is 0 Å². The molecule has 3 aliphatic rings. The van der Waals surface area contributed by atoms with Crippen molar-refractivity contribution >= 4 is 10.9 Å². The molecule has 4 heterocycles. The molecule has 0 amide bonds. The van der Waals surface area contributed by atoms with Gasteiger partial charge in [0, 0.05) is 35.9 Å². The standard InChI is InChI=1S/C26H31N2O/c1-2-20-18-28(17-19-8-4-3-5-9-19)15-13-21(20)16-25(28)26(29)23-12-14-27-24-11-7-6-10-22(23)24/h3-12,14,20-21,25-26,29H,2,13,15-18H2,1H3/q+1/t20?,21?,25-,26+,28?/m1/s1. The summed E-state index contributed by atoms with van der Waals surface area (Å²) in [5.41, 5.74) is 3.41. The average Bonchev–Trinajstić information content (AvgIpc) is 2.78. The second kappa shape index (κ2) is 7.55. The summed E-state index contributed by atoms with van der Waals surface area (Å²) in [5, 5.41) is 12.8. The van der Waals surface area contributed by atoms with Crippen LogP contribution in [0.2, 0.25) is 0 Å². The summed E-state index contributed by atoms with van der Waals surface area (Å²) in [4.78, 5) is 4.51. The fourth-order valence-corrected chi connectivity index (χ4v) is 6.19. The highest BCUT2D eigenvalue weighted by Crippen LogP contribution is 2.48. The Balaban J connectivity index is 1.55. The van der Waals surface area contributed by atoms with E-state index in [-0.39, 0.29) is 6.04 Å². The van der Waals surface area contributed by atoms with Crippen LogP contribution in [0.4, 0.5) is 0 Å². The van der Waals surface area contributed by atoms with Gasteiger partial charge in [-0.15, -0.1) is 0 Å². The quantitative estimate of drug-likeness (QED) is 0.618. The molecule has 150 valence electrons. The Kier molecular flexibility index (Phi) is 4.89. The van der Waals surface area contributed by atoms with Gasteiger partial charge in [-0.25, -0.2) is 0 Å². The third kappa shape index (κ3) is 3.27. The molecule has 3 unspecified atom stereocenters. The Labute approximate surface area is 173 Å². The average molecular weight is 388 g/mol. The zero-order valence-electron chi connectivity index (χ0n) is 17.2. The molecular formula is C26H31N2O+. The third-order valence-electron chi connectivity index (χ3n) is 7.69. The Hall–Kier alpha value is -2.23. The molecule has 1 N–H and O–H groups in total. The zero-order valence-corrected chi connectivity index (χ0v) is 17.2. The summed E-state index contributed by atoms with van der Waals surface area (Å²) in [7, 11) is 0. The predicted molar refractivity (Wildman–Crippen MR) is 117 cm³/mol. The van der Waals surface area contributed by atoms with Crippen molar-refractivity contribution in [2.45, 2.75) is 44.9 Å². The number of benzene rings is 2. The monoisotopic (exact) mass is 387 g/mol. The number of quaternary nitrogens is 1. The van der Waals surface area contributed by atoms with Crippen LogP contribution in [-0.4, -0.2) is 33.7 Å². The minimum absolute atomic E-state index is 0.252. The molecule has 3 saturated heterocycles. The highest BCUT2D eigenvalue weighted by atomic mass is 16.3. The van der Waals surface area contributed by atoms with Crippen molar-refractivity contribution in [1.29, 1.82) is 0 Å². The van der Waals surface area contributed by atoms with E-state index >= 15 is 0 Å². The second-order valence-corrected chi connectivity index (χ2v) is 9.15. The molecule has 0 radical (unpaired) electrons. The molecule has 29 heavy (non-hydrogen) atoms. The first-order valence-electron chi connectivity index (χ1n) is 11.1. The number of aliphatic hydroxyl groups is 1. The summed E-state index contributed by atoms with van der Waals surface area (Å²) in [5.74, 6) is 1.54. The number of aliphatic hydroxyl groups excluding tert-OH is 1. The van der Waals surface area contributed by atoms with Crippen molar-refractivity contribution < 1.29 is 9.59 Å². The van der Waals surface area contributed by atoms with Gasteiger partial charge in [-0.05, 0) is 30.0 Å². The lowest BCUT2D eigenvalue weighted by Crippen LogP contribution is -2.67. The highest BCUT2D eigenvalue weighted by Gasteiger charge is 2.54. The van der Waals surface area contributed by atoms with E-state index in [4.69, 9.17) is 0 Å². The van der Waals surface area contributed by atoms with Crippen LogP contribution >= 0.6 is 0 Å². The second-order valence-electron chi connectivity index (χ2n) is 9.15. The molecule has 3 aliphatic heterocycles. The van der Waals surface area contributed by atoms with Gasteiger partial charge in [0.2, 0.25) is 0 Å². The minimum Gasteiger partial charge on any atom is -0.382 e. The summed E-state index contributed by atoms with van der Waals surface area (Å²) in [6.07, 6.45) is 5.08. The molecule has 3 nitrogen and oxygen atoms in total. The topological polar surface area (TPSA) is 33.1 Å². The Morgan fingerprint density at radius 1 is 1.07 bits per heavy atom. The third-order valence-corrected chi connectivity index (χ3v) is 7.69. The minimum atomic E-state index is -0.452. The highest BCUT2D eigenvalue weighted by molar-refractivity contribution is 5.82. The van der Waals surface area contributed by atoms with Crippen LogP contribution in [0.5, 0.6) is 0 Å². The number of piperidine rings is 3. The maximum Gasteiger partial charge on any atom is 0.131 e. The molecule has 3 fully saturated rings. The SMILES string of the molecule is CCC1C[N+]2(Cc3ccccc3)CCC1C[C@@H]2[C@@H](O)c1ccnc2ccccc12. The molecule has 2 bridgehead atoms. The van der Waals surface area contributed by atoms with E-state index in [2.05, 4.69) is 54.4 Å². The summed E-state index contributed by atoms with van der Waals surface area (Å²) < 4.78 is 1.02. The molecule has 2 aromatic carbocycles. The van der Waals surface area contributed by atoms with Crippen molar-refractivity contribution in [3.05, 3.63) is 78.0 Å². The van der Waals surface area contributed by atoms with Gasteiger partial charge in [0.25, 0.3) is 0 Å². The van der Waals surface area contributed by atoms with Gasteiger partial charge in [-0.2, -0.15) is 0 Å². The van der Waals surface area contributed by atoms with Gasteiger partial charge in [0.1, 0.15) is 18.7 Å². The van der Waals surface area contributed by atoms with E-state index < -0.39 is 6.10 Å². The fourth-order valence-electron chi connectivity index (χ4n) is 6.19. The van der Waals surface area contributed by atoms with Crippen molar-refractivity contribution in [2.24, 2.45) is 11.8 Å². The van der Waals surface area contributed by atoms with Crippen LogP contribution in [0, 0.1) is 11.8 Å². The van der Waals surface area contributed by atoms with Crippen LogP contribution in [0.15, 0.2) is 66.9 Å². The molecule has 6 rings (SSSR count). The van der Waals surface area contributed by atoms with Crippen LogP contribution in [-0.2, 0) is 6.54 Å². The molecule has 0 spiro atoms. The predicted octanol–water partition coefficient (Wildman–Crippen LogP) is 5.10. The largest absolute Gasteiger partial charge is 0.382 e. The zero-order chi connectivity index (χ0) is 19.8. The molecule has 3 aromatic rings. The van der Waals surface area contributed by atoms with E-state index in [0.29, 0.717) is 0 Å². The Morgan fingerprint density at radius 3 is 2.69 bits per heavy atom. The van der Waals surface area contributed by atoms with Crippen molar-refractivity contribution in [1.82, 2.24) is 4.98 Å². The van der Waals surface area contributed by atoms with E-state index in [0.717, 1.165) is 45.8 Å². The molecule has 0 saturated carbocycles. The Bertz CT molecular complexity index is 983. The summed E-state index contributed by atoms with van der Waals surface area (Å²) in [6.45, 7) is 5.74. The first-order chi connectivity index (χ1) is 14.2. The van der Waals surface area contributed by atoms with E-state index in [1.807, 2.05) is 24.4 Å². The van der Waals surface area contributed by atoms with Gasteiger partial charge < -0.3 is 9.59 Å². The molecule has 5 atom stereocenters. The number of fused-ring (bicyclic) bond motifs is 4. The van der Waals surface area contributed by atoms with E-state index in [1.54, 1.807) is 0 Å². The van der Waals surface area contributed by atoms with Gasteiger partial charge >= 0.3 is 0 Å². The van der Waals surface area contributed by atoms with Crippen LogP contribution in [0.3, 0.4) is 0 Å². The molecule has 1 aromatic heterocycles. The lowest BCUT2D eigenvalue weighted by atomic mass is 9.70. The molecule has 3 heteroatoms. The fraction of sp³-hybridized carbons (Fsp3) is 0.423. The summed E-state index contributed by atoms with van der Waals surface area (Å²) >= 11 is 0. The summed E-state index contributed by atoms with van der Waals surface area (Å²) in [6, 6.07) is 21.4. The number of aromatic nitrogens is 1. The number of nitrogens with zero attached hydrogens (tertiary/aromatic N) is 2. The first kappa shape index (κ1) is 18.8. The van der Waals surface area contributed by atoms with Crippen LogP contribution < -0.4 is 0 Å². The van der Waals surface area contributed by atoms with Gasteiger partial charge in [-0.3, -0.25) is 4.98 Å². The maximum atomic E-state index is 11.7. The first-order valence-corrected chi connectivity index (χ1v) is 11.1. The van der Waals surface area contributed by atoms with Crippen molar-refractivity contribution in [3.63, 3.8) is 0 Å². The van der Waals surface area contributed by atoms with E-state index in [1.165, 1.54) is 31.5 Å². The number of hydrogen-bond donors (Lipinski definition) is 1. The van der Waals surface area contributed by atoms with Gasteiger partial charge in [0.15, 0.2) is 0 Å². The normalized spacial score (nSPS) is 29.8. The molecule has 0 aliphatic carbocycles. The number of para-hydroxylation sites is 1. The number of rotatable bonds is 5. The lowest BCUT2D eigenvalue weighted by molar-refractivity contribution is -0.985. The van der Waals surface area contributed by atoms with Gasteiger partial charge in [0.05, 0.1) is 18.6 Å². The number of hydrogen-bond acceptors (Lipinski definition) is 2. The van der Waals surface area contributed by atoms with Crippen LogP contribution in [0.25, 0.3) is 10.9 Å². The van der Waals surface area contributed by atoms with Crippen LogP contribution in [0.1, 0.15) is 43.4 Å². The molecular weight excluding hydrogens is 356 g/mol. The maximum absolute atomic E-state index is 11.7. The van der Waals surface area contributed by atoms with Gasteiger partial charge in [-0.1, -0.05) is 55.5 Å². The van der Waals surface area contributed by atoms with E-state index in [9.17, 15) is 5.11 Å². The lowest BCUT2D eigenvalue weighted by Gasteiger charge is -2.58. The Morgan fingerprint density at radius 2 is 1.86 bits per heavy atom. The smallest absolute Gasteiger partial charge is 0.131 e.